The molecule has 3 heterocycles. The van der Waals surface area contributed by atoms with Gasteiger partial charge in [-0.1, -0.05) is 0 Å². The van der Waals surface area contributed by atoms with Crippen molar-refractivity contribution in [2.24, 2.45) is 5.73 Å². The fraction of sp³-hybridized carbons (Fsp3) is 0.786. The van der Waals surface area contributed by atoms with E-state index in [1.807, 2.05) is 0 Å². The lowest BCUT2D eigenvalue weighted by molar-refractivity contribution is -0.0125. The van der Waals surface area contributed by atoms with Gasteiger partial charge >= 0.3 is 0 Å². The standard InChI is InChI=1S/C14H23N5O2/c15-13(20)14-16-10-19(17-14)11-4-3-6-18(8-11)9-12-5-1-2-7-21-12/h10-12H,1-9H2,(H2,15,20). The van der Waals surface area contributed by atoms with E-state index in [9.17, 15) is 4.79 Å². The highest BCUT2D eigenvalue weighted by atomic mass is 16.5. The highest BCUT2D eigenvalue weighted by molar-refractivity contribution is 5.88. The Hall–Kier alpha value is -1.47. The van der Waals surface area contributed by atoms with E-state index < -0.39 is 5.91 Å². The van der Waals surface area contributed by atoms with Gasteiger partial charge in [-0.15, -0.1) is 5.10 Å². The van der Waals surface area contributed by atoms with Crippen LogP contribution in [0.25, 0.3) is 0 Å². The zero-order valence-corrected chi connectivity index (χ0v) is 12.3. The van der Waals surface area contributed by atoms with Gasteiger partial charge in [-0.25, -0.2) is 9.67 Å². The largest absolute Gasteiger partial charge is 0.377 e. The van der Waals surface area contributed by atoms with Gasteiger partial charge in [-0.05, 0) is 38.6 Å². The smallest absolute Gasteiger partial charge is 0.288 e. The first-order chi connectivity index (χ1) is 10.2. The predicted octanol–water partition coefficient (Wildman–Crippen LogP) is 0.583. The lowest BCUT2D eigenvalue weighted by Crippen LogP contribution is -2.42. The lowest BCUT2D eigenvalue weighted by Gasteiger charge is -2.35. The summed E-state index contributed by atoms with van der Waals surface area (Å²) in [4.78, 5) is 17.5. The number of hydrogen-bond donors (Lipinski definition) is 1. The summed E-state index contributed by atoms with van der Waals surface area (Å²) in [6.45, 7) is 3.93. The van der Waals surface area contributed by atoms with Crippen molar-refractivity contribution in [1.82, 2.24) is 19.7 Å². The third kappa shape index (κ3) is 3.59. The molecular weight excluding hydrogens is 270 g/mol. The molecule has 7 nitrogen and oxygen atoms in total. The molecule has 2 aliphatic heterocycles. The minimum Gasteiger partial charge on any atom is -0.377 e. The Balaban J connectivity index is 1.58. The number of hydrogen-bond acceptors (Lipinski definition) is 5. The Morgan fingerprint density at radius 3 is 3.00 bits per heavy atom. The summed E-state index contributed by atoms with van der Waals surface area (Å²) < 4.78 is 7.61. The Morgan fingerprint density at radius 1 is 1.38 bits per heavy atom. The summed E-state index contributed by atoms with van der Waals surface area (Å²) in [7, 11) is 0. The van der Waals surface area contributed by atoms with Gasteiger partial charge in [-0.2, -0.15) is 0 Å². The normalized spacial score (nSPS) is 27.6. The number of ether oxygens (including phenoxy) is 1. The van der Waals surface area contributed by atoms with Crippen LogP contribution in [0.3, 0.4) is 0 Å². The lowest BCUT2D eigenvalue weighted by atomic mass is 10.0. The quantitative estimate of drug-likeness (QED) is 0.877. The number of likely N-dealkylation sites (tertiary alicyclic amines) is 1. The molecule has 2 aliphatic rings. The molecule has 2 unspecified atom stereocenters. The molecule has 1 amide bonds. The van der Waals surface area contributed by atoms with E-state index in [0.29, 0.717) is 6.10 Å². The average Bonchev–Trinajstić information content (AvgIpc) is 2.99. The van der Waals surface area contributed by atoms with Crippen LogP contribution in [0.15, 0.2) is 6.33 Å². The van der Waals surface area contributed by atoms with Gasteiger partial charge in [0.1, 0.15) is 6.33 Å². The number of nitrogens with zero attached hydrogens (tertiary/aromatic N) is 4. The van der Waals surface area contributed by atoms with Gasteiger partial charge in [0.2, 0.25) is 5.82 Å². The Bertz CT molecular complexity index is 483. The van der Waals surface area contributed by atoms with Crippen molar-refractivity contribution in [3.05, 3.63) is 12.2 Å². The van der Waals surface area contributed by atoms with Crippen molar-refractivity contribution < 1.29 is 9.53 Å². The van der Waals surface area contributed by atoms with E-state index in [2.05, 4.69) is 15.0 Å². The van der Waals surface area contributed by atoms with E-state index in [-0.39, 0.29) is 11.9 Å². The Kier molecular flexibility index (Phi) is 4.50. The van der Waals surface area contributed by atoms with Crippen molar-refractivity contribution in [1.29, 1.82) is 0 Å². The zero-order valence-electron chi connectivity index (χ0n) is 12.3. The first-order valence-corrected chi connectivity index (χ1v) is 7.77. The summed E-state index contributed by atoms with van der Waals surface area (Å²) in [5.41, 5.74) is 5.20. The van der Waals surface area contributed by atoms with Crippen molar-refractivity contribution in [2.75, 3.05) is 26.2 Å². The number of primary amides is 1. The first-order valence-electron chi connectivity index (χ1n) is 7.77. The van der Waals surface area contributed by atoms with Gasteiger partial charge in [0.15, 0.2) is 0 Å². The summed E-state index contributed by atoms with van der Waals surface area (Å²) in [5, 5.41) is 4.19. The minimum absolute atomic E-state index is 0.0998. The van der Waals surface area contributed by atoms with Crippen LogP contribution < -0.4 is 5.73 Å². The molecule has 2 atom stereocenters. The highest BCUT2D eigenvalue weighted by Crippen LogP contribution is 2.22. The number of carbonyl (C=O) groups excluding carboxylic acids is 1. The first kappa shape index (κ1) is 14.5. The number of aromatic nitrogens is 3. The molecule has 21 heavy (non-hydrogen) atoms. The molecule has 116 valence electrons. The third-order valence-corrected chi connectivity index (χ3v) is 4.32. The second-order valence-electron chi connectivity index (χ2n) is 5.96. The molecule has 0 aromatic carbocycles. The Morgan fingerprint density at radius 2 is 2.29 bits per heavy atom. The van der Waals surface area contributed by atoms with Crippen molar-refractivity contribution in [3.63, 3.8) is 0 Å². The average molecular weight is 293 g/mol. The van der Waals surface area contributed by atoms with Crippen LogP contribution in [0.5, 0.6) is 0 Å². The Labute approximate surface area is 124 Å². The van der Waals surface area contributed by atoms with E-state index >= 15 is 0 Å². The number of carbonyl (C=O) groups is 1. The van der Waals surface area contributed by atoms with Crippen molar-refractivity contribution in [2.45, 2.75) is 44.2 Å². The predicted molar refractivity (Wildman–Crippen MR) is 76.8 cm³/mol. The molecule has 1 aromatic heterocycles. The molecule has 1 aromatic rings. The molecule has 2 N–H and O–H groups in total. The van der Waals surface area contributed by atoms with E-state index in [0.717, 1.165) is 45.5 Å². The molecule has 2 fully saturated rings. The molecule has 0 saturated carbocycles. The van der Waals surface area contributed by atoms with Gasteiger partial charge in [0, 0.05) is 19.7 Å². The van der Waals surface area contributed by atoms with Crippen molar-refractivity contribution in [3.8, 4) is 0 Å². The van der Waals surface area contributed by atoms with Crippen LogP contribution in [-0.4, -0.2) is 57.9 Å². The van der Waals surface area contributed by atoms with Crippen LogP contribution in [0.1, 0.15) is 48.8 Å². The number of rotatable bonds is 4. The fourth-order valence-electron chi connectivity index (χ4n) is 3.22. The van der Waals surface area contributed by atoms with Crippen LogP contribution in [0, 0.1) is 0 Å². The monoisotopic (exact) mass is 293 g/mol. The second kappa shape index (κ2) is 6.53. The molecule has 0 spiro atoms. The van der Waals surface area contributed by atoms with Crippen molar-refractivity contribution >= 4 is 5.91 Å². The van der Waals surface area contributed by atoms with E-state index in [4.69, 9.17) is 10.5 Å². The summed E-state index contributed by atoms with van der Waals surface area (Å²) >= 11 is 0. The van der Waals surface area contributed by atoms with Gasteiger partial charge < -0.3 is 10.5 Å². The third-order valence-electron chi connectivity index (χ3n) is 4.32. The molecular formula is C14H23N5O2. The van der Waals surface area contributed by atoms with Gasteiger partial charge in [0.05, 0.1) is 12.1 Å². The summed E-state index contributed by atoms with van der Waals surface area (Å²) in [6, 6.07) is 0.267. The molecule has 0 radical (unpaired) electrons. The van der Waals surface area contributed by atoms with Crippen LogP contribution >= 0.6 is 0 Å². The molecule has 7 heteroatoms. The van der Waals surface area contributed by atoms with Crippen LogP contribution in [0.4, 0.5) is 0 Å². The maximum absolute atomic E-state index is 11.1. The van der Waals surface area contributed by atoms with Gasteiger partial charge in [0.25, 0.3) is 5.91 Å². The zero-order chi connectivity index (χ0) is 14.7. The van der Waals surface area contributed by atoms with Crippen LogP contribution in [-0.2, 0) is 4.74 Å². The maximum Gasteiger partial charge on any atom is 0.288 e. The second-order valence-corrected chi connectivity index (χ2v) is 5.96. The van der Waals surface area contributed by atoms with Crippen LogP contribution in [0.2, 0.25) is 0 Å². The molecule has 3 rings (SSSR count). The minimum atomic E-state index is -0.572. The maximum atomic E-state index is 11.1. The van der Waals surface area contributed by atoms with E-state index in [1.54, 1.807) is 11.0 Å². The van der Waals surface area contributed by atoms with Gasteiger partial charge in [-0.3, -0.25) is 9.69 Å². The number of amides is 1. The topological polar surface area (TPSA) is 86.3 Å². The number of nitrogens with two attached hydrogens (primary N) is 1. The highest BCUT2D eigenvalue weighted by Gasteiger charge is 2.25. The van der Waals surface area contributed by atoms with E-state index in [1.165, 1.54) is 12.8 Å². The molecule has 0 bridgehead atoms. The fourth-order valence-corrected chi connectivity index (χ4v) is 3.22. The summed E-state index contributed by atoms with van der Waals surface area (Å²) in [5.74, 6) is -0.472. The summed E-state index contributed by atoms with van der Waals surface area (Å²) in [6.07, 6.45) is 7.80. The molecule has 0 aliphatic carbocycles. The SMILES string of the molecule is NC(=O)c1ncn(C2CCCN(CC3CCCCO3)C2)n1. The number of piperidine rings is 1. The molecule has 2 saturated heterocycles.